The van der Waals surface area contributed by atoms with E-state index in [-0.39, 0.29) is 0 Å². The molecule has 24 heavy (non-hydrogen) atoms. The first-order valence-electron chi connectivity index (χ1n) is 8.50. The highest BCUT2D eigenvalue weighted by Crippen LogP contribution is 2.46. The number of rotatable bonds is 5. The van der Waals surface area contributed by atoms with Crippen molar-refractivity contribution in [2.75, 3.05) is 18.8 Å². The van der Waals surface area contributed by atoms with E-state index in [0.717, 1.165) is 43.2 Å². The molecule has 0 radical (unpaired) electrons. The van der Waals surface area contributed by atoms with Gasteiger partial charge in [0, 0.05) is 48.2 Å². The fourth-order valence-corrected chi connectivity index (χ4v) is 5.25. The van der Waals surface area contributed by atoms with Crippen LogP contribution in [0.15, 0.2) is 42.7 Å². The third-order valence-electron chi connectivity index (χ3n) is 4.74. The summed E-state index contributed by atoms with van der Waals surface area (Å²) < 4.78 is 6.53. The molecule has 2 aliphatic heterocycles. The molecule has 0 aromatic carbocycles. The third kappa shape index (κ3) is 3.63. The summed E-state index contributed by atoms with van der Waals surface area (Å²) in [5.74, 6) is 1.10. The molecule has 2 saturated heterocycles. The van der Waals surface area contributed by atoms with Crippen LogP contribution < -0.4 is 0 Å². The predicted octanol–water partition coefficient (Wildman–Crippen LogP) is 3.06. The van der Waals surface area contributed by atoms with Gasteiger partial charge in [-0.25, -0.2) is 0 Å². The van der Waals surface area contributed by atoms with Gasteiger partial charge in [-0.15, -0.1) is 11.8 Å². The quantitative estimate of drug-likeness (QED) is 0.836. The van der Waals surface area contributed by atoms with Gasteiger partial charge >= 0.3 is 0 Å². The van der Waals surface area contributed by atoms with E-state index >= 15 is 0 Å². The Morgan fingerprint density at radius 1 is 1.29 bits per heavy atom. The summed E-state index contributed by atoms with van der Waals surface area (Å²) in [7, 11) is 0. The average molecular weight is 341 g/mol. The summed E-state index contributed by atoms with van der Waals surface area (Å²) >= 11 is 2.09. The van der Waals surface area contributed by atoms with Crippen LogP contribution in [0.5, 0.6) is 0 Å². The second kappa shape index (κ2) is 6.82. The van der Waals surface area contributed by atoms with Gasteiger partial charge in [-0.05, 0) is 37.1 Å². The van der Waals surface area contributed by atoms with Gasteiger partial charge in [0.15, 0.2) is 0 Å². The van der Waals surface area contributed by atoms with Gasteiger partial charge in [0.1, 0.15) is 0 Å². The van der Waals surface area contributed by atoms with Crippen LogP contribution in [0.3, 0.4) is 0 Å². The monoisotopic (exact) mass is 341 g/mol. The highest BCUT2D eigenvalue weighted by Gasteiger charge is 2.49. The summed E-state index contributed by atoms with van der Waals surface area (Å²) in [4.78, 5) is 11.2. The van der Waals surface area contributed by atoms with Crippen molar-refractivity contribution < 1.29 is 4.74 Å². The Balaban J connectivity index is 1.24. The molecule has 4 heterocycles. The van der Waals surface area contributed by atoms with E-state index < -0.39 is 0 Å². The fourth-order valence-electron chi connectivity index (χ4n) is 3.64. The standard InChI is InChI=1S/C19H23N3OS/c1-15-4-2-6-17(21-15)11-23-18-8-19(24-12-18)13-22(14-19)10-16-5-3-7-20-9-16/h2-7,9,18H,8,10-14H2,1H3. The number of hydrogen-bond donors (Lipinski definition) is 0. The summed E-state index contributed by atoms with van der Waals surface area (Å²) in [5.41, 5.74) is 3.39. The number of aryl methyl sites for hydroxylation is 1. The van der Waals surface area contributed by atoms with E-state index in [0.29, 0.717) is 17.5 Å². The molecular formula is C19H23N3OS. The van der Waals surface area contributed by atoms with Crippen LogP contribution in [-0.2, 0) is 17.9 Å². The number of hydrogen-bond acceptors (Lipinski definition) is 5. The number of likely N-dealkylation sites (tertiary alicyclic amines) is 1. The maximum atomic E-state index is 6.12. The first-order valence-corrected chi connectivity index (χ1v) is 9.49. The lowest BCUT2D eigenvalue weighted by atomic mass is 9.92. The van der Waals surface area contributed by atoms with Crippen molar-refractivity contribution in [3.05, 3.63) is 59.7 Å². The molecule has 5 heteroatoms. The Morgan fingerprint density at radius 3 is 3.00 bits per heavy atom. The smallest absolute Gasteiger partial charge is 0.0892 e. The largest absolute Gasteiger partial charge is 0.371 e. The first-order chi connectivity index (χ1) is 11.7. The van der Waals surface area contributed by atoms with Crippen molar-refractivity contribution in [2.45, 2.75) is 37.3 Å². The van der Waals surface area contributed by atoms with E-state index in [9.17, 15) is 0 Å². The number of aromatic nitrogens is 2. The second-order valence-electron chi connectivity index (χ2n) is 6.91. The van der Waals surface area contributed by atoms with Gasteiger partial charge in [-0.3, -0.25) is 14.9 Å². The summed E-state index contributed by atoms with van der Waals surface area (Å²) in [6, 6.07) is 10.3. The molecule has 126 valence electrons. The van der Waals surface area contributed by atoms with E-state index in [1.807, 2.05) is 43.6 Å². The maximum absolute atomic E-state index is 6.12. The van der Waals surface area contributed by atoms with Crippen LogP contribution in [0.1, 0.15) is 23.4 Å². The van der Waals surface area contributed by atoms with Crippen LogP contribution >= 0.6 is 11.8 Å². The molecule has 0 aliphatic carbocycles. The molecule has 4 rings (SSSR count). The SMILES string of the molecule is Cc1cccc(COC2CSC3(C2)CN(Cc2cccnc2)C3)n1. The van der Waals surface area contributed by atoms with Crippen LogP contribution in [0.4, 0.5) is 0 Å². The average Bonchev–Trinajstić information content (AvgIpc) is 2.98. The zero-order valence-corrected chi connectivity index (χ0v) is 14.8. The molecular weight excluding hydrogens is 318 g/mol. The first kappa shape index (κ1) is 16.1. The minimum absolute atomic E-state index is 0.359. The molecule has 2 fully saturated rings. The Labute approximate surface area is 147 Å². The molecule has 0 N–H and O–H groups in total. The summed E-state index contributed by atoms with van der Waals surface area (Å²) in [6.07, 6.45) is 5.32. The van der Waals surface area contributed by atoms with Crippen LogP contribution in [0.2, 0.25) is 0 Å². The highest BCUT2D eigenvalue weighted by molar-refractivity contribution is 8.01. The summed E-state index contributed by atoms with van der Waals surface area (Å²) in [5, 5.41) is 0. The molecule has 4 nitrogen and oxygen atoms in total. The molecule has 2 aromatic rings. The topological polar surface area (TPSA) is 38.2 Å². The Kier molecular flexibility index (Phi) is 4.57. The van der Waals surface area contributed by atoms with Crippen molar-refractivity contribution in [1.29, 1.82) is 0 Å². The van der Waals surface area contributed by atoms with Crippen molar-refractivity contribution in [3.8, 4) is 0 Å². The zero-order chi connectivity index (χ0) is 16.4. The molecule has 0 saturated carbocycles. The van der Waals surface area contributed by atoms with Crippen LogP contribution in [0, 0.1) is 6.92 Å². The molecule has 2 aromatic heterocycles. The number of ether oxygens (including phenoxy) is 1. The summed E-state index contributed by atoms with van der Waals surface area (Å²) in [6.45, 7) is 5.98. The lowest BCUT2D eigenvalue weighted by Crippen LogP contribution is -2.58. The zero-order valence-electron chi connectivity index (χ0n) is 14.0. The van der Waals surface area contributed by atoms with Crippen molar-refractivity contribution in [1.82, 2.24) is 14.9 Å². The lowest BCUT2D eigenvalue weighted by Gasteiger charge is -2.47. The molecule has 0 amide bonds. The van der Waals surface area contributed by atoms with Gasteiger partial charge in [0.05, 0.1) is 18.4 Å². The van der Waals surface area contributed by atoms with Crippen molar-refractivity contribution in [2.24, 2.45) is 0 Å². The third-order valence-corrected chi connectivity index (χ3v) is 6.32. The van der Waals surface area contributed by atoms with E-state index in [1.165, 1.54) is 5.56 Å². The van der Waals surface area contributed by atoms with Gasteiger partial charge in [-0.2, -0.15) is 0 Å². The minimum atomic E-state index is 0.359. The molecule has 2 aliphatic rings. The van der Waals surface area contributed by atoms with E-state index in [2.05, 4.69) is 32.7 Å². The van der Waals surface area contributed by atoms with E-state index in [1.54, 1.807) is 0 Å². The number of nitrogens with zero attached hydrogens (tertiary/aromatic N) is 3. The van der Waals surface area contributed by atoms with Crippen molar-refractivity contribution in [3.63, 3.8) is 0 Å². The molecule has 1 spiro atoms. The van der Waals surface area contributed by atoms with Crippen LogP contribution in [0.25, 0.3) is 0 Å². The minimum Gasteiger partial charge on any atom is -0.371 e. The lowest BCUT2D eigenvalue weighted by molar-refractivity contribution is 0.0250. The Bertz CT molecular complexity index is 688. The van der Waals surface area contributed by atoms with Gasteiger partial charge in [0.25, 0.3) is 0 Å². The van der Waals surface area contributed by atoms with Gasteiger partial charge in [0.2, 0.25) is 0 Å². The normalized spacial score (nSPS) is 22.6. The molecule has 1 unspecified atom stereocenters. The Morgan fingerprint density at radius 2 is 2.21 bits per heavy atom. The highest BCUT2D eigenvalue weighted by atomic mass is 32.2. The second-order valence-corrected chi connectivity index (χ2v) is 8.40. The molecule has 1 atom stereocenters. The van der Waals surface area contributed by atoms with Gasteiger partial charge < -0.3 is 4.74 Å². The predicted molar refractivity (Wildman–Crippen MR) is 96.9 cm³/mol. The van der Waals surface area contributed by atoms with Crippen molar-refractivity contribution >= 4 is 11.8 Å². The van der Waals surface area contributed by atoms with Gasteiger partial charge in [-0.1, -0.05) is 12.1 Å². The number of thioether (sulfide) groups is 1. The van der Waals surface area contributed by atoms with E-state index in [4.69, 9.17) is 4.74 Å². The fraction of sp³-hybridized carbons (Fsp3) is 0.474. The maximum Gasteiger partial charge on any atom is 0.0892 e. The number of pyridine rings is 2. The van der Waals surface area contributed by atoms with Crippen LogP contribution in [-0.4, -0.2) is 44.6 Å². The Hall–Kier alpha value is -1.43. The molecule has 0 bridgehead atoms.